The number of rotatable bonds is 5. The maximum absolute atomic E-state index is 11.9. The van der Waals surface area contributed by atoms with Crippen molar-refractivity contribution in [2.24, 2.45) is 0 Å². The molecule has 3 rings (SSSR count). The number of hydrogen-bond acceptors (Lipinski definition) is 5. The molecule has 0 aliphatic heterocycles. The van der Waals surface area contributed by atoms with E-state index in [9.17, 15) is 4.79 Å². The van der Waals surface area contributed by atoms with Crippen LogP contribution in [0.25, 0.3) is 11.5 Å². The van der Waals surface area contributed by atoms with Crippen LogP contribution in [0.3, 0.4) is 0 Å². The molecule has 7 nitrogen and oxygen atoms in total. The van der Waals surface area contributed by atoms with Gasteiger partial charge in [0, 0.05) is 31.5 Å². The SMILES string of the molecule is O=C(NCCn1ccnc1)c1cc(-c2ccco2)on1. The molecule has 0 aliphatic carbocycles. The summed E-state index contributed by atoms with van der Waals surface area (Å²) in [6.45, 7) is 1.13. The van der Waals surface area contributed by atoms with Gasteiger partial charge in [0.15, 0.2) is 11.5 Å². The van der Waals surface area contributed by atoms with Crippen LogP contribution in [0.1, 0.15) is 10.5 Å². The first kappa shape index (κ1) is 12.2. The zero-order valence-electron chi connectivity index (χ0n) is 10.5. The molecule has 0 saturated carbocycles. The number of hydrogen-bond donors (Lipinski definition) is 1. The number of carbonyl (C=O) groups excluding carboxylic acids is 1. The smallest absolute Gasteiger partial charge is 0.273 e. The lowest BCUT2D eigenvalue weighted by molar-refractivity contribution is 0.0943. The van der Waals surface area contributed by atoms with Crippen molar-refractivity contribution in [3.05, 3.63) is 48.9 Å². The van der Waals surface area contributed by atoms with Crippen molar-refractivity contribution in [3.63, 3.8) is 0 Å². The average Bonchev–Trinajstić information content (AvgIpc) is 3.20. The summed E-state index contributed by atoms with van der Waals surface area (Å²) in [7, 11) is 0. The highest BCUT2D eigenvalue weighted by Gasteiger charge is 2.14. The van der Waals surface area contributed by atoms with Crippen LogP contribution < -0.4 is 5.32 Å². The number of nitrogens with zero attached hydrogens (tertiary/aromatic N) is 3. The molecule has 0 fully saturated rings. The van der Waals surface area contributed by atoms with E-state index >= 15 is 0 Å². The van der Waals surface area contributed by atoms with Crippen LogP contribution in [0.2, 0.25) is 0 Å². The molecule has 0 aromatic carbocycles. The third-order valence-corrected chi connectivity index (χ3v) is 2.72. The molecule has 0 bridgehead atoms. The molecule has 1 amide bonds. The van der Waals surface area contributed by atoms with E-state index in [0.717, 1.165) is 0 Å². The summed E-state index contributed by atoms with van der Waals surface area (Å²) in [6.07, 6.45) is 6.74. The Morgan fingerprint density at radius 2 is 2.35 bits per heavy atom. The van der Waals surface area contributed by atoms with Crippen molar-refractivity contribution in [1.82, 2.24) is 20.0 Å². The molecule has 102 valence electrons. The van der Waals surface area contributed by atoms with Crippen LogP contribution >= 0.6 is 0 Å². The molecule has 0 saturated heterocycles. The van der Waals surface area contributed by atoms with Crippen LogP contribution in [0.15, 0.2) is 52.1 Å². The highest BCUT2D eigenvalue weighted by atomic mass is 16.5. The van der Waals surface area contributed by atoms with Crippen LogP contribution in [0.5, 0.6) is 0 Å². The normalized spacial score (nSPS) is 10.6. The van der Waals surface area contributed by atoms with Crippen molar-refractivity contribution in [2.45, 2.75) is 6.54 Å². The maximum atomic E-state index is 11.9. The van der Waals surface area contributed by atoms with E-state index in [1.807, 2.05) is 10.8 Å². The van der Waals surface area contributed by atoms with Crippen LogP contribution in [-0.2, 0) is 6.54 Å². The number of furan rings is 1. The summed E-state index contributed by atoms with van der Waals surface area (Å²) < 4.78 is 12.1. The van der Waals surface area contributed by atoms with Crippen molar-refractivity contribution in [2.75, 3.05) is 6.54 Å². The van der Waals surface area contributed by atoms with Crippen molar-refractivity contribution < 1.29 is 13.7 Å². The van der Waals surface area contributed by atoms with E-state index in [0.29, 0.717) is 24.6 Å². The van der Waals surface area contributed by atoms with Gasteiger partial charge in [-0.3, -0.25) is 4.79 Å². The van der Waals surface area contributed by atoms with Gasteiger partial charge >= 0.3 is 0 Å². The average molecular weight is 272 g/mol. The number of amides is 1. The molecule has 0 atom stereocenters. The Labute approximate surface area is 114 Å². The highest BCUT2D eigenvalue weighted by molar-refractivity contribution is 5.92. The second-order valence-corrected chi connectivity index (χ2v) is 4.11. The third kappa shape index (κ3) is 2.61. The number of imidazole rings is 1. The number of aromatic nitrogens is 3. The summed E-state index contributed by atoms with van der Waals surface area (Å²) >= 11 is 0. The number of carbonyl (C=O) groups is 1. The molecule has 7 heteroatoms. The van der Waals surface area contributed by atoms with Gasteiger partial charge in [0.2, 0.25) is 5.76 Å². The fourth-order valence-corrected chi connectivity index (χ4v) is 1.73. The van der Waals surface area contributed by atoms with E-state index in [1.54, 1.807) is 30.7 Å². The number of nitrogens with one attached hydrogen (secondary N) is 1. The van der Waals surface area contributed by atoms with E-state index in [1.165, 1.54) is 6.26 Å². The molecule has 0 aliphatic rings. The molecule has 1 N–H and O–H groups in total. The monoisotopic (exact) mass is 272 g/mol. The topological polar surface area (TPSA) is 86.1 Å². The van der Waals surface area contributed by atoms with E-state index < -0.39 is 0 Å². The van der Waals surface area contributed by atoms with Gasteiger partial charge in [-0.1, -0.05) is 5.16 Å². The summed E-state index contributed by atoms with van der Waals surface area (Å²) in [5.74, 6) is 0.677. The lowest BCUT2D eigenvalue weighted by Gasteiger charge is -2.03. The molecule has 3 heterocycles. The minimum Gasteiger partial charge on any atom is -0.461 e. The lowest BCUT2D eigenvalue weighted by Crippen LogP contribution is -2.27. The van der Waals surface area contributed by atoms with Gasteiger partial charge in [0.25, 0.3) is 5.91 Å². The Bertz CT molecular complexity index is 670. The molecular weight excluding hydrogens is 260 g/mol. The summed E-state index contributed by atoms with van der Waals surface area (Å²) in [5, 5.41) is 6.48. The molecule has 0 unspecified atom stereocenters. The highest BCUT2D eigenvalue weighted by Crippen LogP contribution is 2.20. The largest absolute Gasteiger partial charge is 0.461 e. The summed E-state index contributed by atoms with van der Waals surface area (Å²) in [6, 6.07) is 5.02. The van der Waals surface area contributed by atoms with Gasteiger partial charge < -0.3 is 18.8 Å². The van der Waals surface area contributed by atoms with Crippen molar-refractivity contribution in [3.8, 4) is 11.5 Å². The first-order valence-corrected chi connectivity index (χ1v) is 6.07. The van der Waals surface area contributed by atoms with Gasteiger partial charge in [-0.05, 0) is 12.1 Å². The predicted molar refractivity (Wildman–Crippen MR) is 68.8 cm³/mol. The zero-order valence-corrected chi connectivity index (χ0v) is 10.5. The fourth-order valence-electron chi connectivity index (χ4n) is 1.73. The first-order valence-electron chi connectivity index (χ1n) is 6.07. The van der Waals surface area contributed by atoms with E-state index in [-0.39, 0.29) is 11.6 Å². The van der Waals surface area contributed by atoms with Gasteiger partial charge in [0.1, 0.15) is 0 Å². The molecule has 3 aromatic heterocycles. The van der Waals surface area contributed by atoms with E-state index in [2.05, 4.69) is 15.5 Å². The van der Waals surface area contributed by atoms with Crippen LogP contribution in [-0.4, -0.2) is 27.2 Å². The first-order chi connectivity index (χ1) is 9.83. The van der Waals surface area contributed by atoms with Crippen molar-refractivity contribution >= 4 is 5.91 Å². The predicted octanol–water partition coefficient (Wildman–Crippen LogP) is 1.56. The molecule has 3 aromatic rings. The van der Waals surface area contributed by atoms with Gasteiger partial charge in [0.05, 0.1) is 12.6 Å². The van der Waals surface area contributed by atoms with Crippen molar-refractivity contribution in [1.29, 1.82) is 0 Å². The second kappa shape index (κ2) is 5.43. The Kier molecular flexibility index (Phi) is 3.32. The minimum absolute atomic E-state index is 0.224. The maximum Gasteiger partial charge on any atom is 0.273 e. The Balaban J connectivity index is 1.57. The Morgan fingerprint density at radius 3 is 3.10 bits per heavy atom. The lowest BCUT2D eigenvalue weighted by atomic mass is 10.3. The molecular formula is C13H12N4O3. The second-order valence-electron chi connectivity index (χ2n) is 4.11. The quantitative estimate of drug-likeness (QED) is 0.761. The Hall–Kier alpha value is -2.83. The standard InChI is InChI=1S/C13H12N4O3/c18-13(15-4-6-17-5-3-14-9-17)10-8-12(20-16-10)11-2-1-7-19-11/h1-3,5,7-9H,4,6H2,(H,15,18). The fraction of sp³-hybridized carbons (Fsp3) is 0.154. The summed E-state index contributed by atoms with van der Waals surface area (Å²) in [4.78, 5) is 15.8. The van der Waals surface area contributed by atoms with Crippen LogP contribution in [0.4, 0.5) is 0 Å². The summed E-state index contributed by atoms with van der Waals surface area (Å²) in [5.41, 5.74) is 0.224. The molecule has 20 heavy (non-hydrogen) atoms. The van der Waals surface area contributed by atoms with Crippen LogP contribution in [0, 0.1) is 0 Å². The zero-order chi connectivity index (χ0) is 13.8. The minimum atomic E-state index is -0.285. The van der Waals surface area contributed by atoms with Gasteiger partial charge in [-0.25, -0.2) is 4.98 Å². The molecule has 0 spiro atoms. The molecule has 0 radical (unpaired) electrons. The van der Waals surface area contributed by atoms with E-state index in [4.69, 9.17) is 8.94 Å². The third-order valence-electron chi connectivity index (χ3n) is 2.72. The van der Waals surface area contributed by atoms with Gasteiger partial charge in [-0.15, -0.1) is 0 Å². The Morgan fingerprint density at radius 1 is 1.40 bits per heavy atom. The van der Waals surface area contributed by atoms with Gasteiger partial charge in [-0.2, -0.15) is 0 Å².